The molecule has 3 rings (SSSR count). The summed E-state index contributed by atoms with van der Waals surface area (Å²) in [6.07, 6.45) is 3.81. The van der Waals surface area contributed by atoms with Gasteiger partial charge in [0.15, 0.2) is 0 Å². The third-order valence-electron chi connectivity index (χ3n) is 6.24. The van der Waals surface area contributed by atoms with E-state index in [9.17, 15) is 14.4 Å². The Morgan fingerprint density at radius 2 is 2.03 bits per heavy atom. The Labute approximate surface area is 232 Å². The van der Waals surface area contributed by atoms with Crippen molar-refractivity contribution < 1.29 is 28.6 Å². The zero-order chi connectivity index (χ0) is 27.9. The number of nitrogens with one attached hydrogen (secondary N) is 1. The SMILES string of the molecule is C=CCCCOC(=O)N[C@H](C(=O)N1CC(Oc2nccc3ccc(Br)cc23)C[C@H]1C(=O)OCC)C(C)(C)C. The van der Waals surface area contributed by atoms with Crippen LogP contribution in [0.25, 0.3) is 10.8 Å². The van der Waals surface area contributed by atoms with E-state index in [1.54, 1.807) is 19.2 Å². The van der Waals surface area contributed by atoms with Crippen molar-refractivity contribution in [2.75, 3.05) is 19.8 Å². The number of carbonyl (C=O) groups is 3. The summed E-state index contributed by atoms with van der Waals surface area (Å²) in [5.41, 5.74) is -0.654. The Kier molecular flexibility index (Phi) is 10.1. The van der Waals surface area contributed by atoms with Crippen molar-refractivity contribution >= 4 is 44.7 Å². The molecule has 10 heteroatoms. The second kappa shape index (κ2) is 13.1. The summed E-state index contributed by atoms with van der Waals surface area (Å²) >= 11 is 3.48. The van der Waals surface area contributed by atoms with E-state index in [0.717, 1.165) is 15.2 Å². The van der Waals surface area contributed by atoms with Crippen molar-refractivity contribution in [2.45, 2.75) is 65.1 Å². The van der Waals surface area contributed by atoms with Crippen molar-refractivity contribution in [3.63, 3.8) is 0 Å². The molecule has 206 valence electrons. The van der Waals surface area contributed by atoms with Crippen molar-refractivity contribution in [3.8, 4) is 5.88 Å². The Bertz CT molecular complexity index is 1160. The molecule has 1 aliphatic heterocycles. The third-order valence-corrected chi connectivity index (χ3v) is 6.73. The smallest absolute Gasteiger partial charge is 0.407 e. The number of aromatic nitrogens is 1. The molecular formula is C28H36BrN3O6. The number of pyridine rings is 1. The average Bonchev–Trinajstić information content (AvgIpc) is 3.29. The van der Waals surface area contributed by atoms with Gasteiger partial charge in [-0.3, -0.25) is 4.79 Å². The Morgan fingerprint density at radius 1 is 1.26 bits per heavy atom. The van der Waals surface area contributed by atoms with Gasteiger partial charge in [-0.2, -0.15) is 0 Å². The Morgan fingerprint density at radius 3 is 2.71 bits per heavy atom. The fourth-order valence-electron chi connectivity index (χ4n) is 4.32. The molecule has 1 aliphatic rings. The molecule has 38 heavy (non-hydrogen) atoms. The first-order valence-corrected chi connectivity index (χ1v) is 13.6. The number of esters is 1. The maximum absolute atomic E-state index is 13.8. The van der Waals surface area contributed by atoms with Crippen LogP contribution in [-0.2, 0) is 19.1 Å². The molecule has 0 aliphatic carbocycles. The quantitative estimate of drug-likeness (QED) is 0.235. The molecule has 3 atom stereocenters. The highest BCUT2D eigenvalue weighted by molar-refractivity contribution is 9.10. The minimum atomic E-state index is -0.934. The van der Waals surface area contributed by atoms with Gasteiger partial charge in [0, 0.05) is 22.5 Å². The second-order valence-electron chi connectivity index (χ2n) is 10.2. The molecule has 1 unspecified atom stereocenters. The van der Waals surface area contributed by atoms with E-state index in [0.29, 0.717) is 18.7 Å². The van der Waals surface area contributed by atoms with E-state index in [1.165, 1.54) is 4.90 Å². The van der Waals surface area contributed by atoms with Gasteiger partial charge >= 0.3 is 12.1 Å². The summed E-state index contributed by atoms with van der Waals surface area (Å²) in [6.45, 7) is 11.4. The normalized spacial score (nSPS) is 18.1. The first kappa shape index (κ1) is 29.4. The van der Waals surface area contributed by atoms with Gasteiger partial charge in [-0.05, 0) is 48.8 Å². The molecular weight excluding hydrogens is 554 g/mol. The van der Waals surface area contributed by atoms with Gasteiger partial charge in [0.1, 0.15) is 18.2 Å². The van der Waals surface area contributed by atoms with Crippen molar-refractivity contribution in [3.05, 3.63) is 47.6 Å². The number of likely N-dealkylation sites (tertiary alicyclic amines) is 1. The number of halogens is 1. The van der Waals surface area contributed by atoms with Crippen LogP contribution in [0.15, 0.2) is 47.6 Å². The Balaban J connectivity index is 1.82. The Hall–Kier alpha value is -3.14. The molecule has 2 amide bonds. The highest BCUT2D eigenvalue weighted by Crippen LogP contribution is 2.31. The van der Waals surface area contributed by atoms with Gasteiger partial charge in [0.2, 0.25) is 11.8 Å². The van der Waals surface area contributed by atoms with Gasteiger partial charge in [0.25, 0.3) is 0 Å². The predicted octanol–water partition coefficient (Wildman–Crippen LogP) is 5.02. The number of amides is 2. The topological polar surface area (TPSA) is 107 Å². The lowest BCUT2D eigenvalue weighted by atomic mass is 9.85. The van der Waals surface area contributed by atoms with E-state index in [2.05, 4.69) is 32.8 Å². The lowest BCUT2D eigenvalue weighted by molar-refractivity contribution is -0.154. The molecule has 1 aromatic heterocycles. The molecule has 9 nitrogen and oxygen atoms in total. The highest BCUT2D eigenvalue weighted by atomic mass is 79.9. The largest absolute Gasteiger partial charge is 0.472 e. The summed E-state index contributed by atoms with van der Waals surface area (Å²) in [5.74, 6) is -0.502. The average molecular weight is 591 g/mol. The van der Waals surface area contributed by atoms with Gasteiger partial charge in [-0.1, -0.05) is 48.8 Å². The zero-order valence-corrected chi connectivity index (χ0v) is 24.0. The van der Waals surface area contributed by atoms with Gasteiger partial charge in [-0.25, -0.2) is 14.6 Å². The standard InChI is InChI=1S/C28H36BrN3O6/c1-6-8-9-14-37-27(35)31-23(28(3,4)5)25(33)32-17-20(16-22(32)26(34)36-7-2)38-24-21-15-19(29)11-10-18(21)12-13-30-24/h6,10-13,15,20,22-23H,1,7-9,14,16-17H2,2-5H3,(H,31,35)/t20?,22-,23+/m0/s1. The number of benzene rings is 1. The summed E-state index contributed by atoms with van der Waals surface area (Å²) < 4.78 is 17.7. The summed E-state index contributed by atoms with van der Waals surface area (Å²) in [4.78, 5) is 45.1. The van der Waals surface area contributed by atoms with Crippen LogP contribution in [0.4, 0.5) is 4.79 Å². The number of hydrogen-bond acceptors (Lipinski definition) is 7. The highest BCUT2D eigenvalue weighted by Gasteiger charge is 2.46. The fraction of sp³-hybridized carbons (Fsp3) is 0.500. The molecule has 2 aromatic rings. The van der Waals surface area contributed by atoms with E-state index >= 15 is 0 Å². The van der Waals surface area contributed by atoms with Gasteiger partial charge in [0.05, 0.1) is 19.8 Å². The van der Waals surface area contributed by atoms with E-state index in [-0.39, 0.29) is 26.2 Å². The maximum atomic E-state index is 13.8. The number of allylic oxidation sites excluding steroid dienone is 1. The number of ether oxygens (including phenoxy) is 3. The van der Waals surface area contributed by atoms with Crippen LogP contribution in [0.5, 0.6) is 5.88 Å². The van der Waals surface area contributed by atoms with Crippen LogP contribution in [0.1, 0.15) is 47.0 Å². The predicted molar refractivity (Wildman–Crippen MR) is 148 cm³/mol. The molecule has 0 saturated carbocycles. The number of nitrogens with zero attached hydrogens (tertiary/aromatic N) is 2. The maximum Gasteiger partial charge on any atom is 0.407 e. The van der Waals surface area contributed by atoms with Crippen LogP contribution < -0.4 is 10.1 Å². The van der Waals surface area contributed by atoms with Gasteiger partial charge < -0.3 is 24.4 Å². The van der Waals surface area contributed by atoms with E-state index < -0.39 is 41.6 Å². The summed E-state index contributed by atoms with van der Waals surface area (Å²) in [7, 11) is 0. The van der Waals surface area contributed by atoms with E-state index in [4.69, 9.17) is 14.2 Å². The third kappa shape index (κ3) is 7.46. The minimum Gasteiger partial charge on any atom is -0.472 e. The number of hydrogen-bond donors (Lipinski definition) is 1. The lowest BCUT2D eigenvalue weighted by Crippen LogP contribution is -2.57. The fourth-order valence-corrected chi connectivity index (χ4v) is 4.68. The van der Waals surface area contributed by atoms with Crippen LogP contribution >= 0.6 is 15.9 Å². The first-order valence-electron chi connectivity index (χ1n) is 12.8. The summed E-state index contributed by atoms with van der Waals surface area (Å²) in [6, 6.07) is 5.90. The van der Waals surface area contributed by atoms with Crippen LogP contribution in [0.3, 0.4) is 0 Å². The van der Waals surface area contributed by atoms with Gasteiger partial charge in [-0.15, -0.1) is 6.58 Å². The number of unbranched alkanes of at least 4 members (excludes halogenated alkanes) is 1. The second-order valence-corrected chi connectivity index (χ2v) is 11.1. The van der Waals surface area contributed by atoms with Crippen LogP contribution in [0, 0.1) is 5.41 Å². The molecule has 1 N–H and O–H groups in total. The molecule has 0 spiro atoms. The molecule has 0 bridgehead atoms. The number of fused-ring (bicyclic) bond motifs is 1. The number of rotatable bonds is 10. The first-order chi connectivity index (χ1) is 18.0. The van der Waals surface area contributed by atoms with Crippen molar-refractivity contribution in [1.29, 1.82) is 0 Å². The van der Waals surface area contributed by atoms with Crippen molar-refractivity contribution in [1.82, 2.24) is 15.2 Å². The molecule has 1 saturated heterocycles. The van der Waals surface area contributed by atoms with Crippen LogP contribution in [-0.4, -0.2) is 65.8 Å². The molecule has 1 fully saturated rings. The number of carbonyl (C=O) groups excluding carboxylic acids is 3. The summed E-state index contributed by atoms with van der Waals surface area (Å²) in [5, 5.41) is 4.47. The van der Waals surface area contributed by atoms with Crippen LogP contribution in [0.2, 0.25) is 0 Å². The molecule has 2 heterocycles. The lowest BCUT2D eigenvalue weighted by Gasteiger charge is -2.34. The number of alkyl carbamates (subject to hydrolysis) is 1. The minimum absolute atomic E-state index is 0.136. The van der Waals surface area contributed by atoms with Crippen molar-refractivity contribution in [2.24, 2.45) is 5.41 Å². The zero-order valence-electron chi connectivity index (χ0n) is 22.4. The molecule has 0 radical (unpaired) electrons. The molecule has 1 aromatic carbocycles. The van der Waals surface area contributed by atoms with E-state index in [1.807, 2.05) is 45.0 Å². The monoisotopic (exact) mass is 589 g/mol.